The summed E-state index contributed by atoms with van der Waals surface area (Å²) in [5.74, 6) is 11.0. The Morgan fingerprint density at radius 3 is 0.479 bits per heavy atom. The van der Waals surface area contributed by atoms with E-state index in [-0.39, 0.29) is 0 Å². The molecule has 0 aliphatic heterocycles. The Hall–Kier alpha value is -11.2. The maximum atomic E-state index is 5.91. The lowest BCUT2D eigenvalue weighted by molar-refractivity contribution is 0.460. The van der Waals surface area contributed by atoms with E-state index in [1.54, 1.807) is 11.8 Å². The molecule has 0 radical (unpaired) electrons. The summed E-state index contributed by atoms with van der Waals surface area (Å²) in [6, 6.07) is 104. The van der Waals surface area contributed by atoms with Crippen LogP contribution in [0.4, 0.5) is 0 Å². The third kappa shape index (κ3) is 24.4. The molecule has 13 rings (SSSR count). The van der Waals surface area contributed by atoms with Crippen molar-refractivity contribution < 1.29 is 33.2 Å². The molecule has 0 saturated carbocycles. The van der Waals surface area contributed by atoms with E-state index in [4.69, 9.17) is 33.2 Å². The van der Waals surface area contributed by atoms with E-state index in [2.05, 4.69) is 142 Å². The van der Waals surface area contributed by atoms with Crippen LogP contribution in [0.5, 0.6) is 80.5 Å². The summed E-state index contributed by atoms with van der Waals surface area (Å²) in [6.45, 7) is 20.8. The van der Waals surface area contributed by atoms with Crippen molar-refractivity contribution in [2.75, 3.05) is 0 Å². The van der Waals surface area contributed by atoms with Crippen molar-refractivity contribution in [2.45, 2.75) is 79.0 Å². The molecule has 0 aliphatic rings. The zero-order chi connectivity index (χ0) is 67.4. The van der Waals surface area contributed by atoms with E-state index in [9.17, 15) is 0 Å². The van der Waals surface area contributed by atoms with Crippen molar-refractivity contribution in [1.29, 1.82) is 0 Å². The van der Waals surface area contributed by atoms with Gasteiger partial charge in [-0.25, -0.2) is 0 Å². The van der Waals surface area contributed by atoms with Crippen LogP contribution in [0.25, 0.3) is 0 Å². The van der Waals surface area contributed by atoms with Crippen molar-refractivity contribution >= 4 is 11.8 Å². The average Bonchev–Trinajstić information content (AvgIpc) is 1.32. The maximum Gasteiger partial charge on any atom is 0.131 e. The molecule has 13 aromatic carbocycles. The fraction of sp³-hybridized carbons (Fsp3) is 0.114. The number of hydrogen-bond acceptors (Lipinski definition) is 8. The number of aryl methyl sites for hydroxylation is 10. The van der Waals surface area contributed by atoms with E-state index in [1.165, 1.54) is 65.4 Å². The topological polar surface area (TPSA) is 64.6 Å². The molecule has 0 saturated heterocycles. The number of rotatable bonds is 16. The lowest BCUT2D eigenvalue weighted by Gasteiger charge is -2.10. The van der Waals surface area contributed by atoms with Gasteiger partial charge in [0.25, 0.3) is 0 Å². The van der Waals surface area contributed by atoms with Gasteiger partial charge in [0.15, 0.2) is 0 Å². The van der Waals surface area contributed by atoms with Gasteiger partial charge in [-0.3, -0.25) is 0 Å². The van der Waals surface area contributed by atoms with Crippen LogP contribution in [-0.4, -0.2) is 0 Å². The first-order valence-corrected chi connectivity index (χ1v) is 32.8. The van der Waals surface area contributed by atoms with E-state index in [0.717, 1.165) is 80.5 Å². The minimum Gasteiger partial charge on any atom is -0.457 e. The highest BCUT2D eigenvalue weighted by molar-refractivity contribution is 7.99. The van der Waals surface area contributed by atoms with Gasteiger partial charge in [-0.15, -0.1) is 0 Å². The van der Waals surface area contributed by atoms with Crippen LogP contribution in [0.3, 0.4) is 0 Å². The molecule has 0 aliphatic carbocycles. The number of ether oxygens (including phenoxy) is 7. The average molecular weight is 1280 g/mol. The molecule has 0 fully saturated rings. The molecule has 0 unspecified atom stereocenters. The Kier molecular flexibility index (Phi) is 25.7. The predicted octanol–water partition coefficient (Wildman–Crippen LogP) is 26.2. The second-order valence-electron chi connectivity index (χ2n) is 23.4. The highest BCUT2D eigenvalue weighted by Crippen LogP contribution is 2.33. The molecule has 0 spiro atoms. The van der Waals surface area contributed by atoms with Gasteiger partial charge in [0.1, 0.15) is 80.5 Å². The largest absolute Gasteiger partial charge is 0.457 e. The van der Waals surface area contributed by atoms with Crippen molar-refractivity contribution in [3.8, 4) is 80.5 Å². The Balaban J connectivity index is 0.000000147. The van der Waals surface area contributed by atoms with E-state index in [0.29, 0.717) is 0 Å². The fourth-order valence-electron chi connectivity index (χ4n) is 9.07. The molecule has 13 aromatic rings. The molecule has 0 amide bonds. The summed E-state index contributed by atoms with van der Waals surface area (Å²) in [4.78, 5) is 2.59. The lowest BCUT2D eigenvalue weighted by atomic mass is 10.2. The van der Waals surface area contributed by atoms with Crippen LogP contribution in [0.1, 0.15) is 55.6 Å². The van der Waals surface area contributed by atoms with Gasteiger partial charge in [0.2, 0.25) is 0 Å². The fourth-order valence-corrected chi connectivity index (χ4v) is 9.89. The Morgan fingerprint density at radius 2 is 0.302 bits per heavy atom. The molecule has 482 valence electrons. The van der Waals surface area contributed by atoms with Crippen LogP contribution in [-0.2, 0) is 0 Å². The standard InChI is InChI=1S/C26H22O3.2C20H18O2.C14H14S.C8H10/c1-19-3-7-21(8-4-19)27-23-11-15-25(16-12-23)29-26-17-13-24(14-18-26)28-22-9-5-20(2)6-10-22;1-15-3-7-17(8-4-15)21-19-11-13-20(14-12-19)22-18-9-5-16(2)6-10-18;1-15-6-10-17(11-7-15)21-19-4-3-5-20(14-19)22-18-12-8-16(2)9-13-18;1-11-3-7-13(8-4-11)15-14-9-5-12(2)6-10-14;1-7-4-3-5-8(2)6-7/h3-18H,1-2H3;2*3-14H,1-2H3;3-10H,1-2H3;3-6H,1-2H3. The van der Waals surface area contributed by atoms with E-state index in [1.807, 2.05) is 243 Å². The van der Waals surface area contributed by atoms with Crippen molar-refractivity contribution in [2.24, 2.45) is 0 Å². The first-order valence-electron chi connectivity index (χ1n) is 31.9. The molecule has 0 aromatic heterocycles. The van der Waals surface area contributed by atoms with Gasteiger partial charge in [-0.05, 0) is 251 Å². The van der Waals surface area contributed by atoms with Gasteiger partial charge in [0, 0.05) is 15.9 Å². The van der Waals surface area contributed by atoms with E-state index >= 15 is 0 Å². The lowest BCUT2D eigenvalue weighted by Crippen LogP contribution is -1.87. The van der Waals surface area contributed by atoms with Gasteiger partial charge >= 0.3 is 0 Å². The normalized spacial score (nSPS) is 10.2. The first-order chi connectivity index (χ1) is 46.5. The van der Waals surface area contributed by atoms with Crippen molar-refractivity contribution in [1.82, 2.24) is 0 Å². The van der Waals surface area contributed by atoms with Crippen LogP contribution < -0.4 is 33.2 Å². The van der Waals surface area contributed by atoms with Gasteiger partial charge in [-0.2, -0.15) is 0 Å². The SMILES string of the molecule is Cc1ccc(Oc2ccc(Oc3ccc(C)cc3)cc2)cc1.Cc1ccc(Oc2ccc(Oc3ccc(Oc4ccc(C)cc4)cc3)cc2)cc1.Cc1ccc(Oc2cccc(Oc3ccc(C)cc3)c2)cc1.Cc1ccc(Sc2ccc(C)cc2)cc1.Cc1cccc(C)c1. The second-order valence-corrected chi connectivity index (χ2v) is 24.5. The minimum absolute atomic E-state index is 0.744. The third-order valence-corrected chi connectivity index (χ3v) is 15.5. The number of benzene rings is 13. The quantitative estimate of drug-likeness (QED) is 0.0948. The molecule has 0 bridgehead atoms. The van der Waals surface area contributed by atoms with Crippen molar-refractivity contribution in [3.05, 3.63) is 371 Å². The third-order valence-electron chi connectivity index (χ3n) is 14.5. The summed E-state index contributed by atoms with van der Waals surface area (Å²) in [6.07, 6.45) is 0. The zero-order valence-electron chi connectivity index (χ0n) is 56.3. The van der Waals surface area contributed by atoms with Crippen molar-refractivity contribution in [3.63, 3.8) is 0 Å². The predicted molar refractivity (Wildman–Crippen MR) is 396 cm³/mol. The monoisotopic (exact) mass is 1280 g/mol. The summed E-state index contributed by atoms with van der Waals surface area (Å²) >= 11 is 1.80. The molecule has 0 heterocycles. The highest BCUT2D eigenvalue weighted by Gasteiger charge is 2.06. The van der Waals surface area contributed by atoms with Crippen LogP contribution in [0.15, 0.2) is 325 Å². The smallest absolute Gasteiger partial charge is 0.131 e. The molecule has 7 nitrogen and oxygen atoms in total. The second kappa shape index (κ2) is 35.7. The Morgan fingerprint density at radius 1 is 0.146 bits per heavy atom. The minimum atomic E-state index is 0.744. The van der Waals surface area contributed by atoms with Gasteiger partial charge < -0.3 is 33.2 Å². The zero-order valence-corrected chi connectivity index (χ0v) is 57.1. The molecule has 0 N–H and O–H groups in total. The summed E-state index contributed by atoms with van der Waals surface area (Å²) in [7, 11) is 0. The van der Waals surface area contributed by atoms with Crippen LogP contribution >= 0.6 is 11.8 Å². The van der Waals surface area contributed by atoms with E-state index < -0.39 is 0 Å². The summed E-state index contributed by atoms with van der Waals surface area (Å²) in [5, 5.41) is 0. The summed E-state index contributed by atoms with van der Waals surface area (Å²) in [5.41, 5.74) is 12.6. The molecule has 8 heteroatoms. The Labute approximate surface area is 572 Å². The Bertz CT molecular complexity index is 4120. The van der Waals surface area contributed by atoms with Gasteiger partial charge in [-0.1, -0.05) is 195 Å². The molecular formula is C88H82O7S. The first kappa shape index (κ1) is 69.2. The summed E-state index contributed by atoms with van der Waals surface area (Å²) < 4.78 is 40.9. The van der Waals surface area contributed by atoms with Crippen LogP contribution in [0, 0.1) is 69.2 Å². The maximum absolute atomic E-state index is 5.91. The molecule has 0 atom stereocenters. The van der Waals surface area contributed by atoms with Gasteiger partial charge in [0.05, 0.1) is 0 Å². The van der Waals surface area contributed by atoms with Crippen LogP contribution in [0.2, 0.25) is 0 Å². The number of hydrogen-bond donors (Lipinski definition) is 0. The highest BCUT2D eigenvalue weighted by atomic mass is 32.2. The molecule has 96 heavy (non-hydrogen) atoms. The molecular weight excluding hydrogens is 1200 g/mol.